The van der Waals surface area contributed by atoms with E-state index >= 15 is 0 Å². The minimum absolute atomic E-state index is 0.221. The molecule has 18 heavy (non-hydrogen) atoms. The van der Waals surface area contributed by atoms with Crippen molar-refractivity contribution in [2.24, 2.45) is 0 Å². The molecule has 1 aromatic rings. The van der Waals surface area contributed by atoms with Gasteiger partial charge in [-0.3, -0.25) is 0 Å². The van der Waals surface area contributed by atoms with Crippen molar-refractivity contribution >= 4 is 5.69 Å². The van der Waals surface area contributed by atoms with Gasteiger partial charge in [0.2, 0.25) is 0 Å². The van der Waals surface area contributed by atoms with Gasteiger partial charge >= 0.3 is 0 Å². The zero-order chi connectivity index (χ0) is 13.6. The van der Waals surface area contributed by atoms with Crippen molar-refractivity contribution in [2.45, 2.75) is 65.3 Å². The average Bonchev–Trinajstić information content (AvgIpc) is 2.25. The Balaban J connectivity index is 2.43. The Morgan fingerprint density at radius 2 is 1.67 bits per heavy atom. The van der Waals surface area contributed by atoms with Crippen LogP contribution in [0.4, 0.5) is 5.69 Å². The van der Waals surface area contributed by atoms with Gasteiger partial charge in [-0.05, 0) is 56.2 Å². The molecule has 1 heteroatoms. The summed E-state index contributed by atoms with van der Waals surface area (Å²) in [5.41, 5.74) is 4.90. The zero-order valence-electron chi connectivity index (χ0n) is 12.8. The summed E-state index contributed by atoms with van der Waals surface area (Å²) in [5.74, 6) is 0. The van der Waals surface area contributed by atoms with Crippen LogP contribution >= 0.6 is 0 Å². The summed E-state index contributed by atoms with van der Waals surface area (Å²) in [6.07, 6.45) is 2.50. The highest BCUT2D eigenvalue weighted by atomic mass is 15.2. The standard InChI is InChI=1S/C17H27N/c1-16(2,3)14-9-10-15-13(12-14)8-7-11-18(15)17(4,5)6/h9-10,12H,7-8,11H2,1-6H3. The van der Waals surface area contributed by atoms with E-state index in [2.05, 4.69) is 64.6 Å². The average molecular weight is 245 g/mol. The SMILES string of the molecule is CC(C)(C)c1ccc2c(c1)CCCN2C(C)(C)C. The Morgan fingerprint density at radius 1 is 1.00 bits per heavy atom. The predicted molar refractivity (Wildman–Crippen MR) is 80.6 cm³/mol. The largest absolute Gasteiger partial charge is 0.366 e. The number of aryl methyl sites for hydroxylation is 1. The number of hydrogen-bond acceptors (Lipinski definition) is 1. The van der Waals surface area contributed by atoms with Gasteiger partial charge in [0.15, 0.2) is 0 Å². The molecule has 1 heterocycles. The second-order valence-corrected chi connectivity index (χ2v) is 7.52. The molecule has 0 saturated carbocycles. The lowest BCUT2D eigenvalue weighted by atomic mass is 9.84. The molecule has 1 nitrogen and oxygen atoms in total. The molecule has 0 aromatic heterocycles. The topological polar surface area (TPSA) is 3.24 Å². The molecule has 0 unspecified atom stereocenters. The van der Waals surface area contributed by atoms with Crippen molar-refractivity contribution in [2.75, 3.05) is 11.4 Å². The molecular weight excluding hydrogens is 218 g/mol. The fourth-order valence-electron chi connectivity index (χ4n) is 2.76. The first kappa shape index (κ1) is 13.5. The smallest absolute Gasteiger partial charge is 0.0403 e. The Bertz CT molecular complexity index is 432. The highest BCUT2D eigenvalue weighted by Gasteiger charge is 2.27. The molecule has 0 saturated heterocycles. The summed E-state index contributed by atoms with van der Waals surface area (Å²) < 4.78 is 0. The lowest BCUT2D eigenvalue weighted by Gasteiger charge is -2.42. The van der Waals surface area contributed by atoms with Gasteiger partial charge in [0.1, 0.15) is 0 Å². The minimum atomic E-state index is 0.221. The number of benzene rings is 1. The van der Waals surface area contributed by atoms with Crippen LogP contribution in [-0.2, 0) is 11.8 Å². The monoisotopic (exact) mass is 245 g/mol. The molecule has 100 valence electrons. The molecule has 1 aliphatic heterocycles. The van der Waals surface area contributed by atoms with Crippen LogP contribution in [0.5, 0.6) is 0 Å². The van der Waals surface area contributed by atoms with Gasteiger partial charge in [0.25, 0.3) is 0 Å². The maximum absolute atomic E-state index is 2.55. The summed E-state index contributed by atoms with van der Waals surface area (Å²) in [4.78, 5) is 2.55. The van der Waals surface area contributed by atoms with Gasteiger partial charge in [-0.1, -0.05) is 32.9 Å². The third kappa shape index (κ3) is 2.55. The van der Waals surface area contributed by atoms with Gasteiger partial charge in [-0.25, -0.2) is 0 Å². The summed E-state index contributed by atoms with van der Waals surface area (Å²) >= 11 is 0. The van der Waals surface area contributed by atoms with Gasteiger partial charge in [0, 0.05) is 17.8 Å². The first-order valence-corrected chi connectivity index (χ1v) is 7.11. The maximum atomic E-state index is 2.55. The lowest BCUT2D eigenvalue weighted by molar-refractivity contribution is 0.482. The fraction of sp³-hybridized carbons (Fsp3) is 0.647. The zero-order valence-corrected chi connectivity index (χ0v) is 12.8. The van der Waals surface area contributed by atoms with Gasteiger partial charge < -0.3 is 4.90 Å². The third-order valence-electron chi connectivity index (χ3n) is 3.87. The molecule has 0 atom stereocenters. The van der Waals surface area contributed by atoms with Crippen LogP contribution in [0.15, 0.2) is 18.2 Å². The summed E-state index contributed by atoms with van der Waals surface area (Å²) in [6, 6.07) is 7.07. The summed E-state index contributed by atoms with van der Waals surface area (Å²) in [5, 5.41) is 0. The van der Waals surface area contributed by atoms with Crippen molar-refractivity contribution in [3.8, 4) is 0 Å². The van der Waals surface area contributed by atoms with Crippen LogP contribution in [0, 0.1) is 0 Å². The number of nitrogens with zero attached hydrogens (tertiary/aromatic N) is 1. The van der Waals surface area contributed by atoms with Crippen LogP contribution in [0.3, 0.4) is 0 Å². The first-order valence-electron chi connectivity index (χ1n) is 7.11. The number of fused-ring (bicyclic) bond motifs is 1. The normalized spacial score (nSPS) is 16.7. The van der Waals surface area contributed by atoms with E-state index in [9.17, 15) is 0 Å². The molecular formula is C17H27N. The van der Waals surface area contributed by atoms with Crippen molar-refractivity contribution in [1.82, 2.24) is 0 Å². The van der Waals surface area contributed by atoms with E-state index in [0.717, 1.165) is 0 Å². The molecule has 1 aromatic carbocycles. The molecule has 0 N–H and O–H groups in total. The Morgan fingerprint density at radius 3 is 2.22 bits per heavy atom. The van der Waals surface area contributed by atoms with E-state index in [0.29, 0.717) is 0 Å². The molecule has 0 amide bonds. The van der Waals surface area contributed by atoms with Gasteiger partial charge in [-0.15, -0.1) is 0 Å². The first-order chi connectivity index (χ1) is 8.19. The fourth-order valence-corrected chi connectivity index (χ4v) is 2.76. The Labute approximate surface area is 112 Å². The van der Waals surface area contributed by atoms with E-state index < -0.39 is 0 Å². The second-order valence-electron chi connectivity index (χ2n) is 7.52. The Hall–Kier alpha value is -0.980. The molecule has 2 rings (SSSR count). The van der Waals surface area contributed by atoms with Crippen molar-refractivity contribution < 1.29 is 0 Å². The third-order valence-corrected chi connectivity index (χ3v) is 3.87. The number of hydrogen-bond donors (Lipinski definition) is 0. The van der Waals surface area contributed by atoms with Crippen LogP contribution in [0.1, 0.15) is 59.1 Å². The van der Waals surface area contributed by atoms with Crippen molar-refractivity contribution in [3.05, 3.63) is 29.3 Å². The molecule has 0 fully saturated rings. The van der Waals surface area contributed by atoms with Crippen LogP contribution in [0.2, 0.25) is 0 Å². The highest BCUT2D eigenvalue weighted by Crippen LogP contribution is 2.35. The number of anilines is 1. The van der Waals surface area contributed by atoms with Gasteiger partial charge in [-0.2, -0.15) is 0 Å². The Kier molecular flexibility index (Phi) is 3.21. The molecule has 0 bridgehead atoms. The van der Waals surface area contributed by atoms with E-state index in [4.69, 9.17) is 0 Å². The highest BCUT2D eigenvalue weighted by molar-refractivity contribution is 5.59. The minimum Gasteiger partial charge on any atom is -0.366 e. The van der Waals surface area contributed by atoms with E-state index in [1.165, 1.54) is 36.2 Å². The van der Waals surface area contributed by atoms with Crippen LogP contribution in [0.25, 0.3) is 0 Å². The summed E-state index contributed by atoms with van der Waals surface area (Å²) in [6.45, 7) is 15.0. The van der Waals surface area contributed by atoms with Gasteiger partial charge in [0.05, 0.1) is 0 Å². The molecule has 1 aliphatic rings. The molecule has 0 radical (unpaired) electrons. The van der Waals surface area contributed by atoms with E-state index in [1.807, 2.05) is 0 Å². The van der Waals surface area contributed by atoms with Crippen molar-refractivity contribution in [3.63, 3.8) is 0 Å². The quantitative estimate of drug-likeness (QED) is 0.649. The lowest BCUT2D eigenvalue weighted by Crippen LogP contribution is -2.44. The molecule has 0 spiro atoms. The molecule has 0 aliphatic carbocycles. The summed E-state index contributed by atoms with van der Waals surface area (Å²) in [7, 11) is 0. The second kappa shape index (κ2) is 4.29. The predicted octanol–water partition coefficient (Wildman–Crippen LogP) is 4.54. The van der Waals surface area contributed by atoms with Crippen LogP contribution in [-0.4, -0.2) is 12.1 Å². The van der Waals surface area contributed by atoms with Crippen LogP contribution < -0.4 is 4.90 Å². The van der Waals surface area contributed by atoms with Crippen molar-refractivity contribution in [1.29, 1.82) is 0 Å². The number of rotatable bonds is 0. The maximum Gasteiger partial charge on any atom is 0.0403 e. The van der Waals surface area contributed by atoms with E-state index in [-0.39, 0.29) is 11.0 Å². The van der Waals surface area contributed by atoms with E-state index in [1.54, 1.807) is 0 Å².